The molecule has 3 aromatic rings. The topological polar surface area (TPSA) is 86.4 Å². The minimum absolute atomic E-state index is 0.115. The number of hydrogen-bond donors (Lipinski definition) is 1. The summed E-state index contributed by atoms with van der Waals surface area (Å²) >= 11 is 0. The van der Waals surface area contributed by atoms with Crippen molar-refractivity contribution < 1.29 is 13.9 Å². The van der Waals surface area contributed by atoms with E-state index in [1.54, 1.807) is 6.33 Å². The van der Waals surface area contributed by atoms with Crippen LogP contribution >= 0.6 is 0 Å². The average Bonchev–Trinajstić information content (AvgIpc) is 3.36. The lowest BCUT2D eigenvalue weighted by Crippen LogP contribution is -2.28. The Balaban J connectivity index is 1.44. The highest BCUT2D eigenvalue weighted by Gasteiger charge is 2.21. The molecule has 2 aromatic heterocycles. The number of nitrogens with zero attached hydrogens (tertiary/aromatic N) is 2. The van der Waals surface area contributed by atoms with Crippen LogP contribution in [0.15, 0.2) is 33.9 Å². The van der Waals surface area contributed by atoms with E-state index in [-0.39, 0.29) is 18.1 Å². The van der Waals surface area contributed by atoms with Crippen molar-refractivity contribution in [3.05, 3.63) is 57.5 Å². The SMILES string of the molecule is CCn1cnc(CNC(=O)COc2ccc3c4c(c(=O)oc3c2C)CCC4)c1. The quantitative estimate of drug-likeness (QED) is 0.663. The Hall–Kier alpha value is -3.09. The largest absolute Gasteiger partial charge is 0.483 e. The van der Waals surface area contributed by atoms with Crippen molar-refractivity contribution in [3.63, 3.8) is 0 Å². The van der Waals surface area contributed by atoms with Crippen LogP contribution < -0.4 is 15.7 Å². The maximum absolute atomic E-state index is 12.2. The number of benzene rings is 1. The first-order chi connectivity index (χ1) is 13.6. The van der Waals surface area contributed by atoms with Crippen LogP contribution in [0.2, 0.25) is 0 Å². The van der Waals surface area contributed by atoms with Crippen molar-refractivity contribution in [2.75, 3.05) is 6.61 Å². The number of hydrogen-bond acceptors (Lipinski definition) is 5. The van der Waals surface area contributed by atoms with Gasteiger partial charge in [-0.05, 0) is 50.8 Å². The van der Waals surface area contributed by atoms with Gasteiger partial charge in [-0.15, -0.1) is 0 Å². The Bertz CT molecular complexity index is 1100. The second-order valence-electron chi connectivity index (χ2n) is 7.03. The molecule has 2 heterocycles. The molecule has 0 atom stereocenters. The molecule has 0 fully saturated rings. The van der Waals surface area contributed by atoms with E-state index in [0.29, 0.717) is 17.9 Å². The van der Waals surface area contributed by atoms with Gasteiger partial charge in [0.1, 0.15) is 11.3 Å². The van der Waals surface area contributed by atoms with Crippen LogP contribution in [0.3, 0.4) is 0 Å². The molecule has 4 rings (SSSR count). The number of carbonyl (C=O) groups is 1. The summed E-state index contributed by atoms with van der Waals surface area (Å²) in [6.07, 6.45) is 6.29. The first kappa shape index (κ1) is 18.3. The summed E-state index contributed by atoms with van der Waals surface area (Å²) in [4.78, 5) is 28.6. The fraction of sp³-hybridized carbons (Fsp3) is 0.381. The fourth-order valence-electron chi connectivity index (χ4n) is 3.67. The molecule has 1 aliphatic carbocycles. The molecule has 0 unspecified atom stereocenters. The molecule has 0 saturated carbocycles. The van der Waals surface area contributed by atoms with Crippen molar-refractivity contribution in [3.8, 4) is 5.75 Å². The Labute approximate surface area is 162 Å². The summed E-state index contributed by atoms with van der Waals surface area (Å²) < 4.78 is 13.2. The number of aryl methyl sites for hydroxylation is 3. The van der Waals surface area contributed by atoms with Gasteiger partial charge in [-0.2, -0.15) is 0 Å². The van der Waals surface area contributed by atoms with Gasteiger partial charge < -0.3 is 19.0 Å². The predicted molar refractivity (Wildman–Crippen MR) is 104 cm³/mol. The molecule has 1 amide bonds. The van der Waals surface area contributed by atoms with E-state index in [4.69, 9.17) is 9.15 Å². The summed E-state index contributed by atoms with van der Waals surface area (Å²) in [7, 11) is 0. The lowest BCUT2D eigenvalue weighted by molar-refractivity contribution is -0.123. The second-order valence-corrected chi connectivity index (χ2v) is 7.03. The molecule has 0 radical (unpaired) electrons. The summed E-state index contributed by atoms with van der Waals surface area (Å²) in [6, 6.07) is 3.76. The minimum atomic E-state index is -0.260. The summed E-state index contributed by atoms with van der Waals surface area (Å²) in [5.74, 6) is 0.306. The molecule has 1 N–H and O–H groups in total. The highest BCUT2D eigenvalue weighted by molar-refractivity contribution is 5.86. The number of imidazole rings is 1. The van der Waals surface area contributed by atoms with Crippen molar-refractivity contribution in [1.82, 2.24) is 14.9 Å². The molecule has 146 valence electrons. The standard InChI is InChI=1S/C21H23N3O4/c1-3-24-10-14(23-12-24)9-22-19(25)11-27-18-8-7-16-15-5-4-6-17(15)21(26)28-20(16)13(18)2/h7-8,10,12H,3-6,9,11H2,1-2H3,(H,22,25). The number of carbonyl (C=O) groups excluding carboxylic acids is 1. The van der Waals surface area contributed by atoms with Crippen LogP contribution in [0.5, 0.6) is 5.75 Å². The minimum Gasteiger partial charge on any atom is -0.483 e. The molecule has 7 heteroatoms. The van der Waals surface area contributed by atoms with Crippen LogP contribution in [0.4, 0.5) is 0 Å². The Morgan fingerprint density at radius 1 is 1.32 bits per heavy atom. The van der Waals surface area contributed by atoms with Gasteiger partial charge in [0.15, 0.2) is 6.61 Å². The molecule has 7 nitrogen and oxygen atoms in total. The maximum atomic E-state index is 12.2. The average molecular weight is 381 g/mol. The van der Waals surface area contributed by atoms with E-state index in [9.17, 15) is 9.59 Å². The summed E-state index contributed by atoms with van der Waals surface area (Å²) in [5, 5.41) is 3.76. The molecule has 1 aromatic carbocycles. The molecule has 1 aliphatic rings. The van der Waals surface area contributed by atoms with Crippen LogP contribution in [0.1, 0.15) is 35.7 Å². The van der Waals surface area contributed by atoms with Crippen LogP contribution in [-0.4, -0.2) is 22.1 Å². The third-order valence-corrected chi connectivity index (χ3v) is 5.22. The van der Waals surface area contributed by atoms with Gasteiger partial charge in [-0.25, -0.2) is 9.78 Å². The van der Waals surface area contributed by atoms with Crippen LogP contribution in [-0.2, 0) is 30.7 Å². The molecule has 0 saturated heterocycles. The van der Waals surface area contributed by atoms with E-state index in [0.717, 1.165) is 53.6 Å². The lowest BCUT2D eigenvalue weighted by atomic mass is 10.0. The third kappa shape index (κ3) is 3.40. The van der Waals surface area contributed by atoms with Crippen LogP contribution in [0.25, 0.3) is 11.0 Å². The van der Waals surface area contributed by atoms with E-state index < -0.39 is 0 Å². The normalized spacial score (nSPS) is 12.9. The summed E-state index contributed by atoms with van der Waals surface area (Å²) in [6.45, 7) is 4.95. The number of nitrogens with one attached hydrogen (secondary N) is 1. The van der Waals surface area contributed by atoms with Gasteiger partial charge in [0.2, 0.25) is 0 Å². The number of ether oxygens (including phenoxy) is 1. The number of amides is 1. The van der Waals surface area contributed by atoms with Gasteiger partial charge in [0, 0.05) is 29.3 Å². The first-order valence-electron chi connectivity index (χ1n) is 9.55. The highest BCUT2D eigenvalue weighted by Crippen LogP contribution is 2.32. The fourth-order valence-corrected chi connectivity index (χ4v) is 3.67. The zero-order valence-corrected chi connectivity index (χ0v) is 16.1. The molecule has 0 aliphatic heterocycles. The molecule has 28 heavy (non-hydrogen) atoms. The Morgan fingerprint density at radius 2 is 2.14 bits per heavy atom. The second kappa shape index (κ2) is 7.50. The van der Waals surface area contributed by atoms with Crippen molar-refractivity contribution >= 4 is 16.9 Å². The zero-order chi connectivity index (χ0) is 19.7. The molecule has 0 spiro atoms. The van der Waals surface area contributed by atoms with Gasteiger partial charge >= 0.3 is 5.63 Å². The Kier molecular flexibility index (Phi) is 4.90. The molecular formula is C21H23N3O4. The van der Waals surface area contributed by atoms with E-state index in [2.05, 4.69) is 10.3 Å². The van der Waals surface area contributed by atoms with Gasteiger partial charge in [0.25, 0.3) is 5.91 Å². The van der Waals surface area contributed by atoms with Crippen LogP contribution in [0, 0.1) is 6.92 Å². The van der Waals surface area contributed by atoms with Crippen molar-refractivity contribution in [2.24, 2.45) is 0 Å². The number of rotatable bonds is 6. The van der Waals surface area contributed by atoms with E-state index >= 15 is 0 Å². The number of aromatic nitrogens is 2. The lowest BCUT2D eigenvalue weighted by Gasteiger charge is -2.12. The smallest absolute Gasteiger partial charge is 0.339 e. The molecule has 0 bridgehead atoms. The molecular weight excluding hydrogens is 358 g/mol. The van der Waals surface area contributed by atoms with Gasteiger partial charge in [-0.1, -0.05) is 0 Å². The van der Waals surface area contributed by atoms with Gasteiger partial charge in [-0.3, -0.25) is 4.79 Å². The van der Waals surface area contributed by atoms with Crippen molar-refractivity contribution in [2.45, 2.75) is 46.2 Å². The van der Waals surface area contributed by atoms with E-state index in [1.807, 2.05) is 36.7 Å². The zero-order valence-electron chi connectivity index (χ0n) is 16.1. The predicted octanol–water partition coefficient (Wildman–Crippen LogP) is 2.50. The van der Waals surface area contributed by atoms with Crippen molar-refractivity contribution in [1.29, 1.82) is 0 Å². The van der Waals surface area contributed by atoms with Gasteiger partial charge in [0.05, 0.1) is 18.6 Å². The highest BCUT2D eigenvalue weighted by atomic mass is 16.5. The third-order valence-electron chi connectivity index (χ3n) is 5.22. The Morgan fingerprint density at radius 3 is 2.93 bits per heavy atom. The van der Waals surface area contributed by atoms with E-state index in [1.165, 1.54) is 0 Å². The number of fused-ring (bicyclic) bond motifs is 3. The summed E-state index contributed by atoms with van der Waals surface area (Å²) in [5.41, 5.74) is 3.71. The monoisotopic (exact) mass is 381 g/mol. The maximum Gasteiger partial charge on any atom is 0.339 e. The first-order valence-corrected chi connectivity index (χ1v) is 9.55.